The smallest absolute Gasteiger partial charge is 0.188 e. The molecule has 1 heterocycles. The summed E-state index contributed by atoms with van der Waals surface area (Å²) < 4.78 is 0. The van der Waals surface area contributed by atoms with E-state index in [0.29, 0.717) is 11.9 Å². The average molecular weight is 430 g/mol. The third-order valence-electron chi connectivity index (χ3n) is 3.95. The number of nitrogens with one attached hydrogen (secondary N) is 1. The van der Waals surface area contributed by atoms with Gasteiger partial charge in [0.1, 0.15) is 0 Å². The summed E-state index contributed by atoms with van der Waals surface area (Å²) in [4.78, 5) is 7.04. The summed E-state index contributed by atoms with van der Waals surface area (Å²) in [5.74, 6) is 1.20. The third-order valence-corrected chi connectivity index (χ3v) is 3.95. The molecule has 3 N–H and O–H groups in total. The van der Waals surface area contributed by atoms with E-state index in [2.05, 4.69) is 66.3 Å². The lowest BCUT2D eigenvalue weighted by Crippen LogP contribution is -2.45. The first-order chi connectivity index (χ1) is 10.4. The van der Waals surface area contributed by atoms with E-state index in [-0.39, 0.29) is 29.5 Å². The molecule has 1 aromatic carbocycles. The molecule has 0 radical (unpaired) electrons. The minimum atomic E-state index is -0.0228. The van der Waals surface area contributed by atoms with Gasteiger partial charge in [-0.1, -0.05) is 30.3 Å². The summed E-state index contributed by atoms with van der Waals surface area (Å²) in [6.45, 7) is 10.6. The van der Waals surface area contributed by atoms with Crippen molar-refractivity contribution in [3.63, 3.8) is 0 Å². The summed E-state index contributed by atoms with van der Waals surface area (Å²) in [7, 11) is 0. The van der Waals surface area contributed by atoms with Crippen LogP contribution in [0.2, 0.25) is 0 Å². The van der Waals surface area contributed by atoms with E-state index in [4.69, 9.17) is 5.73 Å². The van der Waals surface area contributed by atoms with Gasteiger partial charge in [0.2, 0.25) is 0 Å². The third kappa shape index (κ3) is 8.01. The Labute approximate surface area is 157 Å². The second-order valence-electron chi connectivity index (χ2n) is 7.29. The van der Waals surface area contributed by atoms with Gasteiger partial charge < -0.3 is 16.0 Å². The Kier molecular flexibility index (Phi) is 8.33. The van der Waals surface area contributed by atoms with Gasteiger partial charge in [-0.2, -0.15) is 0 Å². The molecule has 0 aromatic heterocycles. The summed E-state index contributed by atoms with van der Waals surface area (Å²) in [5.41, 5.74) is 7.33. The van der Waals surface area contributed by atoms with E-state index in [1.165, 1.54) is 18.5 Å². The van der Waals surface area contributed by atoms with Crippen molar-refractivity contribution >= 4 is 29.9 Å². The minimum Gasteiger partial charge on any atom is -0.370 e. The lowest BCUT2D eigenvalue weighted by Gasteiger charge is -2.21. The molecule has 1 saturated heterocycles. The summed E-state index contributed by atoms with van der Waals surface area (Å²) in [6, 6.07) is 10.7. The highest BCUT2D eigenvalue weighted by Gasteiger charge is 2.22. The van der Waals surface area contributed by atoms with Crippen molar-refractivity contribution in [1.29, 1.82) is 0 Å². The van der Waals surface area contributed by atoms with Gasteiger partial charge in [-0.3, -0.25) is 4.99 Å². The molecule has 4 nitrogen and oxygen atoms in total. The van der Waals surface area contributed by atoms with Crippen LogP contribution in [-0.4, -0.2) is 42.6 Å². The highest BCUT2D eigenvalue weighted by molar-refractivity contribution is 14.0. The number of rotatable bonds is 5. The van der Waals surface area contributed by atoms with Gasteiger partial charge in [0, 0.05) is 25.2 Å². The molecule has 2 rings (SSSR count). The largest absolute Gasteiger partial charge is 0.370 e. The predicted octanol–water partition coefficient (Wildman–Crippen LogP) is 2.87. The van der Waals surface area contributed by atoms with Gasteiger partial charge in [-0.15, -0.1) is 24.0 Å². The van der Waals surface area contributed by atoms with Gasteiger partial charge in [-0.25, -0.2) is 0 Å². The maximum absolute atomic E-state index is 5.93. The maximum atomic E-state index is 5.93. The average Bonchev–Trinajstić information content (AvgIpc) is 2.90. The van der Waals surface area contributed by atoms with Crippen molar-refractivity contribution < 1.29 is 0 Å². The SMILES string of the molecule is CC(C)(C)NC(N)=NCC1CCN(CCc2ccccc2)C1.I. The zero-order valence-corrected chi connectivity index (χ0v) is 16.9. The van der Waals surface area contributed by atoms with Crippen molar-refractivity contribution in [3.8, 4) is 0 Å². The van der Waals surface area contributed by atoms with Crippen molar-refractivity contribution in [1.82, 2.24) is 10.2 Å². The van der Waals surface area contributed by atoms with Gasteiger partial charge in [0.25, 0.3) is 0 Å². The Bertz CT molecular complexity index is 482. The van der Waals surface area contributed by atoms with Crippen molar-refractivity contribution in [2.75, 3.05) is 26.2 Å². The Balaban J connectivity index is 0.00000264. The van der Waals surface area contributed by atoms with Gasteiger partial charge in [-0.05, 0) is 51.6 Å². The number of aliphatic imine (C=N–C) groups is 1. The highest BCUT2D eigenvalue weighted by Crippen LogP contribution is 2.17. The van der Waals surface area contributed by atoms with Crippen LogP contribution in [0.25, 0.3) is 0 Å². The molecule has 23 heavy (non-hydrogen) atoms. The first kappa shape index (κ1) is 20.2. The number of nitrogens with two attached hydrogens (primary N) is 1. The predicted molar refractivity (Wildman–Crippen MR) is 109 cm³/mol. The topological polar surface area (TPSA) is 53.6 Å². The van der Waals surface area contributed by atoms with Gasteiger partial charge in [0.05, 0.1) is 0 Å². The van der Waals surface area contributed by atoms with E-state index >= 15 is 0 Å². The Morgan fingerprint density at radius 3 is 2.65 bits per heavy atom. The molecule has 1 aliphatic heterocycles. The quantitative estimate of drug-likeness (QED) is 0.429. The fourth-order valence-electron chi connectivity index (χ4n) is 2.85. The van der Waals surface area contributed by atoms with E-state index in [1.54, 1.807) is 0 Å². The Hall–Kier alpha value is -0.820. The molecule has 130 valence electrons. The van der Waals surface area contributed by atoms with Crippen LogP contribution in [-0.2, 0) is 6.42 Å². The number of guanidine groups is 1. The fraction of sp³-hybridized carbons (Fsp3) is 0.611. The van der Waals surface area contributed by atoms with Crippen LogP contribution in [0, 0.1) is 5.92 Å². The van der Waals surface area contributed by atoms with Crippen LogP contribution in [0.4, 0.5) is 0 Å². The van der Waals surface area contributed by atoms with Gasteiger partial charge in [0.15, 0.2) is 5.96 Å². The molecule has 1 aromatic rings. The Morgan fingerprint density at radius 1 is 1.30 bits per heavy atom. The van der Waals surface area contributed by atoms with E-state index < -0.39 is 0 Å². The standard InChI is InChI=1S/C18H30N4.HI/c1-18(2,3)21-17(19)20-13-16-10-12-22(14-16)11-9-15-7-5-4-6-8-15;/h4-8,16H,9-14H2,1-3H3,(H3,19,20,21);1H. The van der Waals surface area contributed by atoms with E-state index in [0.717, 1.165) is 26.1 Å². The molecular formula is C18H31IN4. The molecule has 1 atom stereocenters. The van der Waals surface area contributed by atoms with Crippen LogP contribution in [0.1, 0.15) is 32.8 Å². The molecule has 5 heteroatoms. The van der Waals surface area contributed by atoms with Crippen LogP contribution in [0.5, 0.6) is 0 Å². The molecule has 1 fully saturated rings. The van der Waals surface area contributed by atoms with E-state index in [9.17, 15) is 0 Å². The number of hydrogen-bond donors (Lipinski definition) is 2. The lowest BCUT2D eigenvalue weighted by atomic mass is 10.1. The first-order valence-electron chi connectivity index (χ1n) is 8.27. The number of likely N-dealkylation sites (tertiary alicyclic amines) is 1. The molecule has 0 spiro atoms. The zero-order chi connectivity index (χ0) is 16.0. The molecule has 1 unspecified atom stereocenters. The Morgan fingerprint density at radius 2 is 2.00 bits per heavy atom. The second kappa shape index (κ2) is 9.47. The first-order valence-corrected chi connectivity index (χ1v) is 8.27. The van der Waals surface area contributed by atoms with Crippen molar-refractivity contribution in [2.24, 2.45) is 16.6 Å². The maximum Gasteiger partial charge on any atom is 0.188 e. The second-order valence-corrected chi connectivity index (χ2v) is 7.29. The van der Waals surface area contributed by atoms with Crippen LogP contribution in [0.15, 0.2) is 35.3 Å². The summed E-state index contributed by atoms with van der Waals surface area (Å²) in [6.07, 6.45) is 2.35. The van der Waals surface area contributed by atoms with Crippen LogP contribution < -0.4 is 11.1 Å². The highest BCUT2D eigenvalue weighted by atomic mass is 127. The number of hydrogen-bond acceptors (Lipinski definition) is 2. The zero-order valence-electron chi connectivity index (χ0n) is 14.6. The van der Waals surface area contributed by atoms with E-state index in [1.807, 2.05) is 0 Å². The number of nitrogens with zero attached hydrogens (tertiary/aromatic N) is 2. The van der Waals surface area contributed by atoms with Crippen molar-refractivity contribution in [2.45, 2.75) is 39.2 Å². The minimum absolute atomic E-state index is 0. The monoisotopic (exact) mass is 430 g/mol. The number of benzene rings is 1. The van der Waals surface area contributed by atoms with Crippen molar-refractivity contribution in [3.05, 3.63) is 35.9 Å². The molecule has 0 bridgehead atoms. The molecule has 0 aliphatic carbocycles. The molecule has 1 aliphatic rings. The van der Waals surface area contributed by atoms with Gasteiger partial charge >= 0.3 is 0 Å². The molecule has 0 saturated carbocycles. The summed E-state index contributed by atoms with van der Waals surface area (Å²) in [5, 5.41) is 3.22. The molecular weight excluding hydrogens is 399 g/mol. The summed E-state index contributed by atoms with van der Waals surface area (Å²) >= 11 is 0. The van der Waals surface area contributed by atoms with Crippen LogP contribution in [0.3, 0.4) is 0 Å². The van der Waals surface area contributed by atoms with Crippen LogP contribution >= 0.6 is 24.0 Å². The lowest BCUT2D eigenvalue weighted by molar-refractivity contribution is 0.329. The molecule has 0 amide bonds. The fourth-order valence-corrected chi connectivity index (χ4v) is 2.85. The number of halogens is 1. The normalized spacial score (nSPS) is 19.4.